The fourth-order valence-corrected chi connectivity index (χ4v) is 1.07. The lowest BCUT2D eigenvalue weighted by Crippen LogP contribution is -1.99. The molecule has 0 heterocycles. The van der Waals surface area contributed by atoms with E-state index in [-0.39, 0.29) is 5.69 Å². The van der Waals surface area contributed by atoms with Crippen molar-refractivity contribution >= 4 is 11.4 Å². The zero-order chi connectivity index (χ0) is 10.6. The first kappa shape index (κ1) is 10.1. The van der Waals surface area contributed by atoms with Crippen molar-refractivity contribution in [3.8, 4) is 12.3 Å². The van der Waals surface area contributed by atoms with Gasteiger partial charge in [-0.1, -0.05) is 12.0 Å². The van der Waals surface area contributed by atoms with Crippen molar-refractivity contribution in [1.29, 1.82) is 0 Å². The molecule has 14 heavy (non-hydrogen) atoms. The molecule has 0 bridgehead atoms. The molecule has 0 saturated carbocycles. The third-order valence-electron chi connectivity index (χ3n) is 1.80. The van der Waals surface area contributed by atoms with Crippen molar-refractivity contribution < 1.29 is 4.92 Å². The quantitative estimate of drug-likeness (QED) is 0.450. The number of hydrogen-bond acceptors (Lipinski definition) is 3. The topological polar surface area (TPSA) is 55.2 Å². The summed E-state index contributed by atoms with van der Waals surface area (Å²) in [6.45, 7) is 2.06. The van der Waals surface area contributed by atoms with Crippen LogP contribution in [0, 0.1) is 29.4 Å². The third-order valence-corrected chi connectivity index (χ3v) is 1.80. The number of nitro groups is 1. The number of benzene rings is 1. The molecule has 0 spiro atoms. The number of nitrogens with zero attached hydrogens (tertiary/aromatic N) is 1. The Kier molecular flexibility index (Phi) is 3.08. The Balaban J connectivity index is 2.96. The average molecular weight is 190 g/mol. The van der Waals surface area contributed by atoms with E-state index in [1.54, 1.807) is 19.1 Å². The highest BCUT2D eigenvalue weighted by Crippen LogP contribution is 2.21. The summed E-state index contributed by atoms with van der Waals surface area (Å²) in [6.07, 6.45) is 5.06. The van der Waals surface area contributed by atoms with Crippen LogP contribution >= 0.6 is 0 Å². The summed E-state index contributed by atoms with van der Waals surface area (Å²) in [6, 6.07) is 4.93. The fraction of sp³-hybridized carbons (Fsp3) is 0.200. The Morgan fingerprint density at radius 2 is 2.36 bits per heavy atom. The molecule has 0 amide bonds. The lowest BCUT2D eigenvalue weighted by molar-refractivity contribution is -0.385. The smallest absolute Gasteiger partial charge is 0.274 e. The Morgan fingerprint density at radius 3 is 2.93 bits per heavy atom. The van der Waals surface area contributed by atoms with E-state index < -0.39 is 4.92 Å². The van der Waals surface area contributed by atoms with Gasteiger partial charge < -0.3 is 5.32 Å². The molecule has 0 fully saturated rings. The van der Waals surface area contributed by atoms with Crippen molar-refractivity contribution in [2.24, 2.45) is 0 Å². The van der Waals surface area contributed by atoms with Crippen molar-refractivity contribution in [2.45, 2.75) is 6.92 Å². The monoisotopic (exact) mass is 190 g/mol. The first-order chi connectivity index (χ1) is 6.65. The molecule has 4 nitrogen and oxygen atoms in total. The van der Waals surface area contributed by atoms with Gasteiger partial charge in [-0.05, 0) is 13.0 Å². The molecule has 72 valence electrons. The highest BCUT2D eigenvalue weighted by molar-refractivity contribution is 5.55. The standard InChI is InChI=1S/C10H10N2O2/c1-3-6-11-9-5-4-8(2)10(7-9)12(13)14/h1,4-5,7,11H,6H2,2H3. The van der Waals surface area contributed by atoms with Gasteiger partial charge in [0.1, 0.15) is 0 Å². The molecule has 0 aliphatic heterocycles. The molecule has 0 aromatic heterocycles. The van der Waals surface area contributed by atoms with E-state index in [4.69, 9.17) is 6.42 Å². The molecule has 1 aromatic carbocycles. The van der Waals surface area contributed by atoms with E-state index in [1.165, 1.54) is 6.07 Å². The lowest BCUT2D eigenvalue weighted by atomic mass is 10.2. The largest absolute Gasteiger partial charge is 0.374 e. The number of nitrogens with one attached hydrogen (secondary N) is 1. The van der Waals surface area contributed by atoms with Gasteiger partial charge in [-0.2, -0.15) is 0 Å². The van der Waals surface area contributed by atoms with Crippen molar-refractivity contribution in [3.63, 3.8) is 0 Å². The van der Waals surface area contributed by atoms with E-state index in [0.717, 1.165) is 0 Å². The Hall–Kier alpha value is -2.02. The highest BCUT2D eigenvalue weighted by Gasteiger charge is 2.10. The summed E-state index contributed by atoms with van der Waals surface area (Å²) in [5.74, 6) is 2.40. The van der Waals surface area contributed by atoms with Gasteiger partial charge in [0.15, 0.2) is 0 Å². The van der Waals surface area contributed by atoms with E-state index in [2.05, 4.69) is 11.2 Å². The molecule has 1 rings (SSSR count). The van der Waals surface area contributed by atoms with Crippen LogP contribution in [0.3, 0.4) is 0 Å². The number of aryl methyl sites for hydroxylation is 1. The van der Waals surface area contributed by atoms with Crippen LogP contribution in [0.15, 0.2) is 18.2 Å². The zero-order valence-electron chi connectivity index (χ0n) is 7.78. The summed E-state index contributed by atoms with van der Waals surface area (Å²) < 4.78 is 0. The van der Waals surface area contributed by atoms with Crippen LogP contribution in [0.4, 0.5) is 11.4 Å². The van der Waals surface area contributed by atoms with Crippen molar-refractivity contribution in [2.75, 3.05) is 11.9 Å². The maximum atomic E-state index is 10.6. The minimum Gasteiger partial charge on any atom is -0.374 e. The van der Waals surface area contributed by atoms with E-state index in [0.29, 0.717) is 17.8 Å². The van der Waals surface area contributed by atoms with Crippen LogP contribution in [-0.4, -0.2) is 11.5 Å². The van der Waals surface area contributed by atoms with E-state index >= 15 is 0 Å². The number of rotatable bonds is 3. The predicted octanol–water partition coefficient (Wildman–Crippen LogP) is 1.95. The van der Waals surface area contributed by atoms with Crippen LogP contribution in [0.5, 0.6) is 0 Å². The predicted molar refractivity (Wildman–Crippen MR) is 55.2 cm³/mol. The van der Waals surface area contributed by atoms with Gasteiger partial charge in [0.25, 0.3) is 5.69 Å². The molecule has 0 aliphatic carbocycles. The molecule has 0 unspecified atom stereocenters. The molecular weight excluding hydrogens is 180 g/mol. The molecule has 0 saturated heterocycles. The normalized spacial score (nSPS) is 9.14. The average Bonchev–Trinajstić information content (AvgIpc) is 2.16. The summed E-state index contributed by atoms with van der Waals surface area (Å²) in [7, 11) is 0. The number of anilines is 1. The maximum Gasteiger partial charge on any atom is 0.274 e. The second-order valence-corrected chi connectivity index (χ2v) is 2.82. The van der Waals surface area contributed by atoms with Gasteiger partial charge >= 0.3 is 0 Å². The van der Waals surface area contributed by atoms with Crippen molar-refractivity contribution in [3.05, 3.63) is 33.9 Å². The minimum atomic E-state index is -0.406. The Labute approximate surface area is 82.1 Å². The fourth-order valence-electron chi connectivity index (χ4n) is 1.07. The molecular formula is C10H10N2O2. The Bertz CT molecular complexity index is 394. The molecule has 0 atom stereocenters. The SMILES string of the molecule is C#CCNc1ccc(C)c([N+](=O)[O-])c1. The van der Waals surface area contributed by atoms with Crippen LogP contribution in [-0.2, 0) is 0 Å². The molecule has 4 heteroatoms. The maximum absolute atomic E-state index is 10.6. The van der Waals surface area contributed by atoms with E-state index in [9.17, 15) is 10.1 Å². The van der Waals surface area contributed by atoms with Gasteiger partial charge in [0, 0.05) is 17.3 Å². The van der Waals surface area contributed by atoms with Gasteiger partial charge in [0.05, 0.1) is 11.5 Å². The summed E-state index contributed by atoms with van der Waals surface area (Å²) in [4.78, 5) is 10.2. The lowest BCUT2D eigenvalue weighted by Gasteiger charge is -2.03. The number of nitro benzene ring substituents is 1. The van der Waals surface area contributed by atoms with Gasteiger partial charge in [-0.3, -0.25) is 10.1 Å². The first-order valence-corrected chi connectivity index (χ1v) is 4.07. The third kappa shape index (κ3) is 2.23. The second kappa shape index (κ2) is 4.28. The van der Waals surface area contributed by atoms with Crippen LogP contribution in [0.2, 0.25) is 0 Å². The zero-order valence-corrected chi connectivity index (χ0v) is 7.78. The van der Waals surface area contributed by atoms with Gasteiger partial charge in [0.2, 0.25) is 0 Å². The summed E-state index contributed by atoms with van der Waals surface area (Å²) >= 11 is 0. The van der Waals surface area contributed by atoms with Gasteiger partial charge in [-0.25, -0.2) is 0 Å². The summed E-state index contributed by atoms with van der Waals surface area (Å²) in [5, 5.41) is 13.5. The Morgan fingerprint density at radius 1 is 1.64 bits per heavy atom. The minimum absolute atomic E-state index is 0.104. The number of hydrogen-bond donors (Lipinski definition) is 1. The second-order valence-electron chi connectivity index (χ2n) is 2.82. The molecule has 1 N–H and O–H groups in total. The first-order valence-electron chi connectivity index (χ1n) is 4.07. The van der Waals surface area contributed by atoms with E-state index in [1.807, 2.05) is 0 Å². The number of terminal acetylenes is 1. The molecule has 1 aromatic rings. The molecule has 0 aliphatic rings. The van der Waals surface area contributed by atoms with Crippen LogP contribution in [0.25, 0.3) is 0 Å². The van der Waals surface area contributed by atoms with Crippen molar-refractivity contribution in [1.82, 2.24) is 0 Å². The molecule has 0 radical (unpaired) electrons. The summed E-state index contributed by atoms with van der Waals surface area (Å²) in [5.41, 5.74) is 1.41. The van der Waals surface area contributed by atoms with Crippen LogP contribution in [0.1, 0.15) is 5.56 Å². The van der Waals surface area contributed by atoms with Gasteiger partial charge in [-0.15, -0.1) is 6.42 Å². The highest BCUT2D eigenvalue weighted by atomic mass is 16.6. The van der Waals surface area contributed by atoms with Crippen LogP contribution < -0.4 is 5.32 Å².